The van der Waals surface area contributed by atoms with Gasteiger partial charge in [0.15, 0.2) is 0 Å². The molecule has 1 aromatic rings. The Morgan fingerprint density at radius 1 is 1.15 bits per heavy atom. The number of hydrogen-bond donors (Lipinski definition) is 4. The van der Waals surface area contributed by atoms with E-state index < -0.39 is 6.10 Å². The van der Waals surface area contributed by atoms with E-state index in [-0.39, 0.29) is 17.9 Å². The van der Waals surface area contributed by atoms with Crippen LogP contribution >= 0.6 is 0 Å². The van der Waals surface area contributed by atoms with Crippen molar-refractivity contribution in [1.82, 2.24) is 10.6 Å². The number of ether oxygens (including phenoxy) is 2. The van der Waals surface area contributed by atoms with Gasteiger partial charge < -0.3 is 30.9 Å². The zero-order chi connectivity index (χ0) is 24.1. The summed E-state index contributed by atoms with van der Waals surface area (Å²) in [4.78, 5) is 12.9. The van der Waals surface area contributed by atoms with Gasteiger partial charge in [0.05, 0.1) is 18.3 Å². The van der Waals surface area contributed by atoms with E-state index in [1.54, 1.807) is 13.2 Å². The smallest absolute Gasteiger partial charge is 0.255 e. The summed E-state index contributed by atoms with van der Waals surface area (Å²) in [5, 5.41) is 17.0. The summed E-state index contributed by atoms with van der Waals surface area (Å²) in [5.41, 5.74) is 6.88. The van der Waals surface area contributed by atoms with Crippen LogP contribution in [0.2, 0.25) is 0 Å². The zero-order valence-corrected chi connectivity index (χ0v) is 20.7. The van der Waals surface area contributed by atoms with Gasteiger partial charge in [-0.05, 0) is 56.1 Å². The second kappa shape index (κ2) is 15.3. The molecule has 0 radical (unpaired) electrons. The third-order valence-electron chi connectivity index (χ3n) is 6.64. The van der Waals surface area contributed by atoms with E-state index in [9.17, 15) is 9.90 Å². The maximum absolute atomic E-state index is 12.9. The van der Waals surface area contributed by atoms with Crippen LogP contribution in [0.4, 0.5) is 0 Å². The number of aliphatic hydroxyl groups is 1. The molecule has 0 spiro atoms. The molecule has 0 aromatic heterocycles. The number of hydrogen-bond acceptors (Lipinski definition) is 6. The van der Waals surface area contributed by atoms with Gasteiger partial charge in [-0.1, -0.05) is 38.8 Å². The number of nitrogens with two attached hydrogens (primary N) is 1. The van der Waals surface area contributed by atoms with E-state index in [4.69, 9.17) is 15.2 Å². The highest BCUT2D eigenvalue weighted by atomic mass is 16.5. The van der Waals surface area contributed by atoms with Gasteiger partial charge >= 0.3 is 0 Å². The fourth-order valence-electron chi connectivity index (χ4n) is 4.30. The minimum absolute atomic E-state index is 0.148. The fourth-order valence-corrected chi connectivity index (χ4v) is 4.30. The third kappa shape index (κ3) is 10.0. The summed E-state index contributed by atoms with van der Waals surface area (Å²) in [5.74, 6) is 0.953. The van der Waals surface area contributed by atoms with E-state index in [1.807, 2.05) is 18.2 Å². The lowest BCUT2D eigenvalue weighted by Crippen LogP contribution is -2.46. The normalized spacial score (nSPS) is 17.2. The molecule has 0 unspecified atom stereocenters. The van der Waals surface area contributed by atoms with Crippen molar-refractivity contribution in [3.8, 4) is 5.75 Å². The van der Waals surface area contributed by atoms with Crippen molar-refractivity contribution in [2.45, 2.75) is 77.0 Å². The highest BCUT2D eigenvalue weighted by molar-refractivity contribution is 5.96. The van der Waals surface area contributed by atoms with Crippen molar-refractivity contribution in [3.05, 3.63) is 29.8 Å². The first-order valence-corrected chi connectivity index (χ1v) is 12.6. The van der Waals surface area contributed by atoms with E-state index >= 15 is 0 Å². The van der Waals surface area contributed by atoms with Gasteiger partial charge in [-0.15, -0.1) is 0 Å². The summed E-state index contributed by atoms with van der Waals surface area (Å²) in [7, 11) is 1.69. The van der Waals surface area contributed by atoms with Gasteiger partial charge in [-0.2, -0.15) is 0 Å². The number of nitrogens with one attached hydrogen (secondary N) is 2. The van der Waals surface area contributed by atoms with Crippen LogP contribution < -0.4 is 21.1 Å². The summed E-state index contributed by atoms with van der Waals surface area (Å²) in [6.07, 6.45) is 6.74. The second-order valence-electron chi connectivity index (χ2n) is 9.62. The van der Waals surface area contributed by atoms with Crippen LogP contribution in [0.25, 0.3) is 0 Å². The summed E-state index contributed by atoms with van der Waals surface area (Å²) < 4.78 is 10.9. The van der Waals surface area contributed by atoms with Crippen molar-refractivity contribution in [3.63, 3.8) is 0 Å². The minimum Gasteiger partial charge on any atom is -0.493 e. The van der Waals surface area contributed by atoms with Crippen molar-refractivity contribution in [1.29, 1.82) is 0 Å². The molecule has 1 fully saturated rings. The molecule has 0 bridgehead atoms. The van der Waals surface area contributed by atoms with E-state index in [2.05, 4.69) is 24.5 Å². The number of benzene rings is 1. The molecular weight excluding hydrogens is 418 g/mol. The van der Waals surface area contributed by atoms with E-state index in [1.165, 1.54) is 25.7 Å². The molecule has 7 nitrogen and oxygen atoms in total. The highest BCUT2D eigenvalue weighted by Gasteiger charge is 2.24. The van der Waals surface area contributed by atoms with Gasteiger partial charge in [0.1, 0.15) is 5.75 Å². The molecule has 0 saturated heterocycles. The van der Waals surface area contributed by atoms with Crippen molar-refractivity contribution < 1.29 is 19.4 Å². The van der Waals surface area contributed by atoms with E-state index in [0.29, 0.717) is 56.0 Å². The molecular formula is C26H45N3O4. The molecule has 5 N–H and O–H groups in total. The lowest BCUT2D eigenvalue weighted by molar-refractivity contribution is 0.0926. The first-order chi connectivity index (χ1) is 15.9. The first kappa shape index (κ1) is 27.6. The Bertz CT molecular complexity index is 679. The Morgan fingerprint density at radius 2 is 1.85 bits per heavy atom. The SMILES string of the molecule is COCCCCOc1ccccc1C(=O)NC[C@@H](C[C@H](N)[C@@H](O)CNC1CCCC1)C(C)C. The molecule has 7 heteroatoms. The average Bonchev–Trinajstić information content (AvgIpc) is 3.33. The van der Waals surface area contributed by atoms with Gasteiger partial charge in [0.2, 0.25) is 0 Å². The fraction of sp³-hybridized carbons (Fsp3) is 0.731. The van der Waals surface area contributed by atoms with Gasteiger partial charge in [0.25, 0.3) is 5.91 Å². The summed E-state index contributed by atoms with van der Waals surface area (Å²) in [6.45, 7) is 6.54. The number of methoxy groups -OCH3 is 1. The molecule has 0 heterocycles. The molecule has 1 aliphatic rings. The van der Waals surface area contributed by atoms with Crippen LogP contribution in [-0.2, 0) is 4.74 Å². The lowest BCUT2D eigenvalue weighted by Gasteiger charge is -2.28. The maximum atomic E-state index is 12.9. The standard InChI is InChI=1S/C26H45N3O4/c1-19(2)20(16-23(27)24(30)18-28-21-10-4-5-11-21)17-29-26(31)22-12-6-7-13-25(22)33-15-9-8-14-32-3/h6-7,12-13,19-21,23-24,28,30H,4-5,8-11,14-18,27H2,1-3H3,(H,29,31)/t20-,23+,24+/m1/s1. The summed E-state index contributed by atoms with van der Waals surface area (Å²) in [6, 6.07) is 7.51. The average molecular weight is 464 g/mol. The van der Waals surface area contributed by atoms with Crippen LogP contribution in [0.15, 0.2) is 24.3 Å². The Balaban J connectivity index is 1.82. The molecule has 1 saturated carbocycles. The summed E-state index contributed by atoms with van der Waals surface area (Å²) >= 11 is 0. The van der Waals surface area contributed by atoms with Gasteiger partial charge in [0, 0.05) is 38.9 Å². The topological polar surface area (TPSA) is 106 Å². The predicted molar refractivity (Wildman–Crippen MR) is 133 cm³/mol. The number of rotatable bonds is 16. The first-order valence-electron chi connectivity index (χ1n) is 12.6. The lowest BCUT2D eigenvalue weighted by atomic mass is 9.87. The van der Waals surface area contributed by atoms with Crippen LogP contribution in [0, 0.1) is 11.8 Å². The molecule has 2 rings (SSSR count). The van der Waals surface area contributed by atoms with E-state index in [0.717, 1.165) is 12.8 Å². The van der Waals surface area contributed by atoms with Gasteiger partial charge in [-0.25, -0.2) is 0 Å². The molecule has 1 aliphatic carbocycles. The Morgan fingerprint density at radius 3 is 2.55 bits per heavy atom. The predicted octanol–water partition coefficient (Wildman–Crippen LogP) is 3.10. The van der Waals surface area contributed by atoms with Crippen molar-refractivity contribution in [2.24, 2.45) is 17.6 Å². The molecule has 1 aromatic carbocycles. The van der Waals surface area contributed by atoms with Crippen LogP contribution in [-0.4, -0.2) is 62.6 Å². The number of unbranched alkanes of at least 4 members (excludes halogenated alkanes) is 1. The number of aliphatic hydroxyl groups excluding tert-OH is 1. The molecule has 3 atom stereocenters. The minimum atomic E-state index is -0.588. The molecule has 1 amide bonds. The number of carbonyl (C=O) groups is 1. The van der Waals surface area contributed by atoms with Gasteiger partial charge in [-0.3, -0.25) is 4.79 Å². The second-order valence-corrected chi connectivity index (χ2v) is 9.62. The Hall–Kier alpha value is -1.67. The van der Waals surface area contributed by atoms with Crippen LogP contribution in [0.3, 0.4) is 0 Å². The molecule has 33 heavy (non-hydrogen) atoms. The van der Waals surface area contributed by atoms with Crippen LogP contribution in [0.5, 0.6) is 5.75 Å². The van der Waals surface area contributed by atoms with Crippen molar-refractivity contribution >= 4 is 5.91 Å². The maximum Gasteiger partial charge on any atom is 0.255 e. The number of carbonyl (C=O) groups excluding carboxylic acids is 1. The quantitative estimate of drug-likeness (QED) is 0.281. The molecule has 188 valence electrons. The number of amides is 1. The third-order valence-corrected chi connectivity index (χ3v) is 6.64. The largest absolute Gasteiger partial charge is 0.493 e. The number of para-hydroxylation sites is 1. The zero-order valence-electron chi connectivity index (χ0n) is 20.7. The Kier molecular flexibility index (Phi) is 12.8. The van der Waals surface area contributed by atoms with Crippen LogP contribution in [0.1, 0.15) is 69.2 Å². The monoisotopic (exact) mass is 463 g/mol. The highest BCUT2D eigenvalue weighted by Crippen LogP contribution is 2.21. The van der Waals surface area contributed by atoms with Crippen molar-refractivity contribution in [2.75, 3.05) is 33.4 Å². The Labute approximate surface area is 199 Å². The molecule has 0 aliphatic heterocycles.